The Hall–Kier alpha value is -5.62. The van der Waals surface area contributed by atoms with E-state index in [4.69, 9.17) is 4.98 Å². The van der Waals surface area contributed by atoms with Crippen molar-refractivity contribution in [1.29, 1.82) is 0 Å². The maximum absolute atomic E-state index is 4.70. The van der Waals surface area contributed by atoms with Crippen LogP contribution in [0.25, 0.3) is 78.0 Å². The predicted molar refractivity (Wildman–Crippen MR) is 201 cm³/mol. The first kappa shape index (κ1) is 32.0. The first-order valence-corrected chi connectivity index (χ1v) is 16.3. The minimum absolute atomic E-state index is 0. The molecule has 2 heteroatoms. The van der Waals surface area contributed by atoms with E-state index in [9.17, 15) is 0 Å². The molecule has 1 nitrogen and oxygen atoms in total. The molecule has 0 saturated carbocycles. The zero-order chi connectivity index (χ0) is 32.1. The zero-order valence-corrected chi connectivity index (χ0v) is 29.0. The summed E-state index contributed by atoms with van der Waals surface area (Å²) in [5.74, 6) is 0. The summed E-state index contributed by atoms with van der Waals surface area (Å²) in [6, 6.07) is 70.3. The number of hydrogen-bond donors (Lipinski definition) is 0. The van der Waals surface area contributed by atoms with Gasteiger partial charge in [0.05, 0.1) is 0 Å². The Bertz CT molecular complexity index is 2180. The van der Waals surface area contributed by atoms with E-state index in [-0.39, 0.29) is 21.1 Å². The second kappa shape index (κ2) is 14.6. The van der Waals surface area contributed by atoms with Crippen molar-refractivity contribution >= 4 is 0 Å². The minimum atomic E-state index is 0. The molecule has 8 rings (SSSR count). The molecule has 0 N–H and O–H groups in total. The van der Waals surface area contributed by atoms with E-state index in [2.05, 4.69) is 176 Å². The average Bonchev–Trinajstić information content (AvgIpc) is 3.19. The van der Waals surface area contributed by atoms with Gasteiger partial charge in [0.2, 0.25) is 0 Å². The molecule has 49 heavy (non-hydrogen) atoms. The van der Waals surface area contributed by atoms with Crippen LogP contribution in [-0.2, 0) is 21.1 Å². The van der Waals surface area contributed by atoms with Gasteiger partial charge in [-0.3, -0.25) is 0 Å². The fraction of sp³-hybridized carbons (Fsp3) is 0. The minimum Gasteiger partial charge on any atom is -0.305 e. The van der Waals surface area contributed by atoms with Crippen LogP contribution in [0.3, 0.4) is 0 Å². The molecular formula is C47H32NPt-. The third-order valence-electron chi connectivity index (χ3n) is 8.84. The van der Waals surface area contributed by atoms with Crippen LogP contribution in [0.4, 0.5) is 0 Å². The molecule has 0 unspecified atom stereocenters. The van der Waals surface area contributed by atoms with Crippen molar-refractivity contribution in [2.75, 3.05) is 0 Å². The van der Waals surface area contributed by atoms with Crippen molar-refractivity contribution in [3.63, 3.8) is 0 Å². The molecule has 0 bridgehead atoms. The van der Waals surface area contributed by atoms with Crippen molar-refractivity contribution in [3.05, 3.63) is 200 Å². The van der Waals surface area contributed by atoms with Gasteiger partial charge in [0, 0.05) is 27.3 Å². The zero-order valence-electron chi connectivity index (χ0n) is 26.7. The fourth-order valence-electron chi connectivity index (χ4n) is 6.80. The van der Waals surface area contributed by atoms with Gasteiger partial charge < -0.3 is 4.98 Å². The summed E-state index contributed by atoms with van der Waals surface area (Å²) < 4.78 is 0. The monoisotopic (exact) mass is 805 g/mol. The third-order valence-corrected chi connectivity index (χ3v) is 8.84. The number of benzene rings is 7. The summed E-state index contributed by atoms with van der Waals surface area (Å²) in [6.07, 6.45) is 1.84. The van der Waals surface area contributed by atoms with Crippen LogP contribution < -0.4 is 0 Å². The third kappa shape index (κ3) is 6.34. The average molecular weight is 806 g/mol. The van der Waals surface area contributed by atoms with Crippen LogP contribution in [0.1, 0.15) is 0 Å². The Labute approximate surface area is 302 Å². The molecule has 8 aromatic rings. The molecule has 0 radical (unpaired) electrons. The molecule has 0 atom stereocenters. The Balaban J connectivity index is 0.00000378. The van der Waals surface area contributed by atoms with Gasteiger partial charge >= 0.3 is 0 Å². The van der Waals surface area contributed by atoms with Crippen molar-refractivity contribution in [3.8, 4) is 78.0 Å². The van der Waals surface area contributed by atoms with E-state index in [1.165, 1.54) is 50.1 Å². The quantitative estimate of drug-likeness (QED) is 0.146. The molecule has 0 aliphatic heterocycles. The fourth-order valence-corrected chi connectivity index (χ4v) is 6.80. The summed E-state index contributed by atoms with van der Waals surface area (Å²) in [5, 5.41) is 0. The van der Waals surface area contributed by atoms with Gasteiger partial charge in [-0.25, -0.2) is 0 Å². The van der Waals surface area contributed by atoms with Crippen LogP contribution in [0.15, 0.2) is 194 Å². The van der Waals surface area contributed by atoms with Gasteiger partial charge in [0.1, 0.15) is 0 Å². The summed E-state index contributed by atoms with van der Waals surface area (Å²) in [5.41, 5.74) is 16.0. The molecular weight excluding hydrogens is 774 g/mol. The van der Waals surface area contributed by atoms with Gasteiger partial charge in [-0.1, -0.05) is 169 Å². The summed E-state index contributed by atoms with van der Waals surface area (Å²) in [6.45, 7) is 0. The summed E-state index contributed by atoms with van der Waals surface area (Å²) in [7, 11) is 0. The van der Waals surface area contributed by atoms with Crippen LogP contribution in [-0.4, -0.2) is 4.98 Å². The van der Waals surface area contributed by atoms with Crippen molar-refractivity contribution < 1.29 is 21.1 Å². The van der Waals surface area contributed by atoms with Crippen LogP contribution >= 0.6 is 0 Å². The number of nitrogens with zero attached hydrogens (tertiary/aromatic N) is 1. The van der Waals surface area contributed by atoms with E-state index < -0.39 is 0 Å². The topological polar surface area (TPSA) is 12.9 Å². The SMILES string of the molecule is [Pt].[c-]1ccc(-c2c(-c3ccccc3)c(-c3ccccc3)c(-c3ccccc3)c(-c3ccccc3)c2-c2ccccc2)cc1-c1ccccn1. The molecule has 0 spiro atoms. The Morgan fingerprint density at radius 3 is 0.980 bits per heavy atom. The largest absolute Gasteiger partial charge is 0.305 e. The maximum Gasteiger partial charge on any atom is 0.0160 e. The first-order chi connectivity index (χ1) is 23.9. The van der Waals surface area contributed by atoms with Gasteiger partial charge in [-0.15, -0.1) is 29.8 Å². The molecule has 0 amide bonds. The van der Waals surface area contributed by atoms with Gasteiger partial charge in [-0.2, -0.15) is 0 Å². The molecule has 1 aromatic heterocycles. The first-order valence-electron chi connectivity index (χ1n) is 16.3. The number of aromatic nitrogens is 1. The van der Waals surface area contributed by atoms with Crippen molar-refractivity contribution in [1.82, 2.24) is 4.98 Å². The Morgan fingerprint density at radius 1 is 0.327 bits per heavy atom. The van der Waals surface area contributed by atoms with E-state index >= 15 is 0 Å². The van der Waals surface area contributed by atoms with Gasteiger partial charge in [0.25, 0.3) is 0 Å². The summed E-state index contributed by atoms with van der Waals surface area (Å²) >= 11 is 0. The Kier molecular flexibility index (Phi) is 9.55. The molecule has 0 fully saturated rings. The van der Waals surface area contributed by atoms with Crippen molar-refractivity contribution in [2.45, 2.75) is 0 Å². The standard InChI is InChI=1S/C47H32N.Pt/c1-6-19-34(20-7-1)42-43(35-21-8-2-9-22-35)45(37-25-12-4-13-26-37)47(40-30-18-29-39(33-40)41-31-16-17-32-48-41)46(38-27-14-5-15-28-38)44(42)36-23-10-3-11-24-36;/h1-28,30-33H;/q-1;. The Morgan fingerprint density at radius 2 is 0.653 bits per heavy atom. The van der Waals surface area contributed by atoms with Crippen LogP contribution in [0, 0.1) is 6.07 Å². The van der Waals surface area contributed by atoms with Crippen LogP contribution in [0.5, 0.6) is 0 Å². The molecule has 7 aromatic carbocycles. The second-order valence-electron chi connectivity index (χ2n) is 11.8. The molecule has 0 aliphatic rings. The number of rotatable bonds is 7. The molecule has 1 heterocycles. The normalized spacial score (nSPS) is 10.7. The molecule has 0 saturated heterocycles. The van der Waals surface area contributed by atoms with E-state index in [0.29, 0.717) is 0 Å². The van der Waals surface area contributed by atoms with Crippen molar-refractivity contribution in [2.24, 2.45) is 0 Å². The number of pyridine rings is 1. The van der Waals surface area contributed by atoms with Crippen LogP contribution in [0.2, 0.25) is 0 Å². The van der Waals surface area contributed by atoms with Gasteiger partial charge in [-0.05, 0) is 73.0 Å². The molecule has 236 valence electrons. The second-order valence-corrected chi connectivity index (χ2v) is 11.8. The van der Waals surface area contributed by atoms with Gasteiger partial charge in [0.15, 0.2) is 0 Å². The number of hydrogen-bond acceptors (Lipinski definition) is 1. The van der Waals surface area contributed by atoms with E-state index in [1.807, 2.05) is 24.4 Å². The smallest absolute Gasteiger partial charge is 0.0160 e. The molecule has 0 aliphatic carbocycles. The predicted octanol–water partition coefficient (Wildman–Crippen LogP) is 12.5. The maximum atomic E-state index is 4.70. The van der Waals surface area contributed by atoms with E-state index in [1.54, 1.807) is 0 Å². The summed E-state index contributed by atoms with van der Waals surface area (Å²) in [4.78, 5) is 4.70. The van der Waals surface area contributed by atoms with E-state index in [0.717, 1.165) is 27.9 Å².